The number of fused-ring (bicyclic) bond motifs is 1. The fourth-order valence-corrected chi connectivity index (χ4v) is 4.32. The van der Waals surface area contributed by atoms with Crippen molar-refractivity contribution in [2.75, 3.05) is 18.1 Å². The van der Waals surface area contributed by atoms with Gasteiger partial charge in [0.1, 0.15) is 5.82 Å². The third-order valence-corrected chi connectivity index (χ3v) is 5.85. The molecule has 27 heavy (non-hydrogen) atoms. The lowest BCUT2D eigenvalue weighted by Gasteiger charge is -2.23. The van der Waals surface area contributed by atoms with Crippen LogP contribution in [0.5, 0.6) is 0 Å². The highest BCUT2D eigenvalue weighted by Gasteiger charge is 2.26. The Kier molecular flexibility index (Phi) is 5.45. The van der Waals surface area contributed by atoms with Crippen molar-refractivity contribution in [2.45, 2.75) is 31.8 Å². The summed E-state index contributed by atoms with van der Waals surface area (Å²) in [6, 6.07) is 14.5. The summed E-state index contributed by atoms with van der Waals surface area (Å²) in [6.45, 7) is 1.23. The molecule has 1 aromatic heterocycles. The smallest absolute Gasteiger partial charge is 0.229 e. The number of ether oxygens (including phenoxy) is 1. The lowest BCUT2D eigenvalue weighted by Crippen LogP contribution is -2.37. The molecule has 0 N–H and O–H groups in total. The lowest BCUT2D eigenvalue weighted by molar-refractivity contribution is -0.119. The molecule has 2 aromatic carbocycles. The molecule has 140 valence electrons. The predicted octanol–water partition coefficient (Wildman–Crippen LogP) is 4.58. The van der Waals surface area contributed by atoms with Crippen LogP contribution in [0, 0.1) is 5.82 Å². The molecule has 1 aliphatic rings. The van der Waals surface area contributed by atoms with Crippen molar-refractivity contribution in [3.63, 3.8) is 0 Å². The zero-order chi connectivity index (χ0) is 18.6. The van der Waals surface area contributed by atoms with E-state index in [4.69, 9.17) is 4.74 Å². The molecule has 6 heteroatoms. The van der Waals surface area contributed by atoms with Crippen molar-refractivity contribution < 1.29 is 13.9 Å². The maximum atomic E-state index is 13.9. The van der Waals surface area contributed by atoms with Crippen LogP contribution in [0.1, 0.15) is 24.8 Å². The van der Waals surface area contributed by atoms with Gasteiger partial charge in [0.25, 0.3) is 0 Å². The van der Waals surface area contributed by atoms with E-state index in [-0.39, 0.29) is 24.2 Å². The van der Waals surface area contributed by atoms with Gasteiger partial charge in [-0.25, -0.2) is 9.37 Å². The number of carbonyl (C=O) groups excluding carboxylic acids is 1. The summed E-state index contributed by atoms with van der Waals surface area (Å²) in [4.78, 5) is 19.4. The molecule has 4 nitrogen and oxygen atoms in total. The average Bonchev–Trinajstić information content (AvgIpc) is 3.34. The summed E-state index contributed by atoms with van der Waals surface area (Å²) in [6.07, 6.45) is 2.61. The van der Waals surface area contributed by atoms with Crippen LogP contribution < -0.4 is 4.90 Å². The SMILES string of the molecule is O=C(CCc1ccccc1F)N(CC1CCCO1)c1nc2ccccc2s1. The van der Waals surface area contributed by atoms with Crippen molar-refractivity contribution in [1.29, 1.82) is 0 Å². The maximum Gasteiger partial charge on any atom is 0.229 e. The van der Waals surface area contributed by atoms with Crippen LogP contribution in [0.3, 0.4) is 0 Å². The molecule has 1 aliphatic heterocycles. The highest BCUT2D eigenvalue weighted by molar-refractivity contribution is 7.22. The molecular formula is C21H21FN2O2S. The molecule has 3 aromatic rings. The summed E-state index contributed by atoms with van der Waals surface area (Å²) in [5.41, 5.74) is 1.45. The standard InChI is InChI=1S/C21H21FN2O2S/c22-17-8-2-1-6-15(17)11-12-20(25)24(14-16-7-5-13-26-16)21-23-18-9-3-4-10-19(18)27-21/h1-4,6,8-10,16H,5,7,11-14H2. The van der Waals surface area contributed by atoms with E-state index in [0.717, 1.165) is 29.7 Å². The second-order valence-electron chi connectivity index (χ2n) is 6.69. The Morgan fingerprint density at radius 1 is 1.22 bits per heavy atom. The van der Waals surface area contributed by atoms with Gasteiger partial charge < -0.3 is 4.74 Å². The van der Waals surface area contributed by atoms with Gasteiger partial charge in [0.05, 0.1) is 22.9 Å². The van der Waals surface area contributed by atoms with Crippen molar-refractivity contribution in [2.24, 2.45) is 0 Å². The number of rotatable bonds is 6. The minimum atomic E-state index is -0.268. The first-order valence-corrected chi connectivity index (χ1v) is 10.0. The second kappa shape index (κ2) is 8.15. The monoisotopic (exact) mass is 384 g/mol. The number of anilines is 1. The Morgan fingerprint density at radius 2 is 2.04 bits per heavy atom. The average molecular weight is 384 g/mol. The molecule has 0 bridgehead atoms. The quantitative estimate of drug-likeness (QED) is 0.625. The molecule has 2 heterocycles. The van der Waals surface area contributed by atoms with Gasteiger partial charge in [-0.1, -0.05) is 41.7 Å². The van der Waals surface area contributed by atoms with Gasteiger partial charge in [0.15, 0.2) is 5.13 Å². The van der Waals surface area contributed by atoms with Gasteiger partial charge >= 0.3 is 0 Å². The molecule has 0 radical (unpaired) electrons. The highest BCUT2D eigenvalue weighted by Crippen LogP contribution is 2.30. The number of aromatic nitrogens is 1. The Bertz CT molecular complexity index is 904. The van der Waals surface area contributed by atoms with Gasteiger partial charge in [-0.2, -0.15) is 0 Å². The predicted molar refractivity (Wildman–Crippen MR) is 106 cm³/mol. The molecule has 4 rings (SSSR count). The summed E-state index contributed by atoms with van der Waals surface area (Å²) >= 11 is 1.51. The first-order chi connectivity index (χ1) is 13.2. The van der Waals surface area contributed by atoms with Crippen molar-refractivity contribution in [1.82, 2.24) is 4.98 Å². The van der Waals surface area contributed by atoms with Crippen molar-refractivity contribution in [3.05, 3.63) is 59.9 Å². The molecule has 1 unspecified atom stereocenters. The Labute approximate surface area is 161 Å². The number of hydrogen-bond acceptors (Lipinski definition) is 4. The van der Waals surface area contributed by atoms with E-state index < -0.39 is 0 Å². The molecule has 0 aliphatic carbocycles. The van der Waals surface area contributed by atoms with Gasteiger partial charge in [0, 0.05) is 13.0 Å². The van der Waals surface area contributed by atoms with Crippen LogP contribution in [0.2, 0.25) is 0 Å². The molecule has 1 fully saturated rings. The van der Waals surface area contributed by atoms with Crippen LogP contribution in [-0.4, -0.2) is 30.1 Å². The topological polar surface area (TPSA) is 42.4 Å². The second-order valence-corrected chi connectivity index (χ2v) is 7.70. The number of para-hydroxylation sites is 1. The van der Waals surface area contributed by atoms with Crippen molar-refractivity contribution in [3.8, 4) is 0 Å². The van der Waals surface area contributed by atoms with Crippen molar-refractivity contribution >= 4 is 32.6 Å². The van der Waals surface area contributed by atoms with Crippen LogP contribution in [-0.2, 0) is 16.0 Å². The van der Waals surface area contributed by atoms with E-state index in [2.05, 4.69) is 4.98 Å². The molecule has 1 saturated heterocycles. The fourth-order valence-electron chi connectivity index (χ4n) is 3.33. The number of amides is 1. The van der Waals surface area contributed by atoms with Gasteiger partial charge in [-0.3, -0.25) is 9.69 Å². The van der Waals surface area contributed by atoms with Gasteiger partial charge in [0.2, 0.25) is 5.91 Å². The minimum absolute atomic E-state index is 0.0365. The molecule has 0 spiro atoms. The largest absolute Gasteiger partial charge is 0.376 e. The number of aryl methyl sites for hydroxylation is 1. The molecule has 1 atom stereocenters. The summed E-state index contributed by atoms with van der Waals surface area (Å²) < 4.78 is 20.7. The summed E-state index contributed by atoms with van der Waals surface area (Å²) in [5.74, 6) is -0.316. The summed E-state index contributed by atoms with van der Waals surface area (Å²) in [7, 11) is 0. The minimum Gasteiger partial charge on any atom is -0.376 e. The number of benzene rings is 2. The number of halogens is 1. The van der Waals surface area contributed by atoms with Crippen LogP contribution >= 0.6 is 11.3 Å². The van der Waals surface area contributed by atoms with Crippen LogP contribution in [0.4, 0.5) is 9.52 Å². The molecule has 1 amide bonds. The summed E-state index contributed by atoms with van der Waals surface area (Å²) in [5, 5.41) is 0.685. The first-order valence-electron chi connectivity index (χ1n) is 9.21. The Morgan fingerprint density at radius 3 is 2.81 bits per heavy atom. The van der Waals surface area contributed by atoms with Crippen LogP contribution in [0.25, 0.3) is 10.2 Å². The van der Waals surface area contributed by atoms with E-state index in [1.807, 2.05) is 24.3 Å². The Hall–Kier alpha value is -2.31. The number of nitrogens with zero attached hydrogens (tertiary/aromatic N) is 2. The van der Waals surface area contributed by atoms with E-state index in [1.165, 1.54) is 17.4 Å². The molecular weight excluding hydrogens is 363 g/mol. The normalized spacial score (nSPS) is 16.7. The van der Waals surface area contributed by atoms with E-state index in [0.29, 0.717) is 23.7 Å². The fraction of sp³-hybridized carbons (Fsp3) is 0.333. The highest BCUT2D eigenvalue weighted by atomic mass is 32.1. The van der Waals surface area contributed by atoms with E-state index in [9.17, 15) is 9.18 Å². The van der Waals surface area contributed by atoms with E-state index >= 15 is 0 Å². The maximum absolute atomic E-state index is 13.9. The number of thiazole rings is 1. The first kappa shape index (κ1) is 18.1. The Balaban J connectivity index is 1.54. The van der Waals surface area contributed by atoms with E-state index in [1.54, 1.807) is 23.1 Å². The van der Waals surface area contributed by atoms with Gasteiger partial charge in [-0.05, 0) is 43.0 Å². The van der Waals surface area contributed by atoms with Crippen LogP contribution in [0.15, 0.2) is 48.5 Å². The zero-order valence-electron chi connectivity index (χ0n) is 14.9. The zero-order valence-corrected chi connectivity index (χ0v) is 15.8. The molecule has 0 saturated carbocycles. The number of carbonyl (C=O) groups is 1. The van der Waals surface area contributed by atoms with Gasteiger partial charge in [-0.15, -0.1) is 0 Å². The number of hydrogen-bond donors (Lipinski definition) is 0. The third kappa shape index (κ3) is 4.17. The lowest BCUT2D eigenvalue weighted by atomic mass is 10.1. The third-order valence-electron chi connectivity index (χ3n) is 4.79.